The molecular formula is C8H12O3. The third-order valence-electron chi connectivity index (χ3n) is 1.38. The van der Waals surface area contributed by atoms with Crippen molar-refractivity contribution in [3.05, 3.63) is 12.2 Å². The number of aliphatic carboxylic acids is 1. The van der Waals surface area contributed by atoms with E-state index in [1.54, 1.807) is 19.9 Å². The number of carboxylic acids is 1. The average molecular weight is 156 g/mol. The van der Waals surface area contributed by atoms with E-state index in [1.807, 2.05) is 0 Å². The fourth-order valence-corrected chi connectivity index (χ4v) is 0.778. The lowest BCUT2D eigenvalue weighted by Crippen LogP contribution is -2.21. The number of ketones is 1. The van der Waals surface area contributed by atoms with Crippen LogP contribution in [0, 0.1) is 5.92 Å². The van der Waals surface area contributed by atoms with Crippen molar-refractivity contribution < 1.29 is 14.7 Å². The van der Waals surface area contributed by atoms with Gasteiger partial charge >= 0.3 is 5.97 Å². The zero-order valence-corrected chi connectivity index (χ0v) is 6.70. The predicted molar refractivity (Wildman–Crippen MR) is 41.2 cm³/mol. The molecule has 0 aromatic rings. The topological polar surface area (TPSA) is 54.4 Å². The average Bonchev–Trinajstić information content (AvgIpc) is 1.88. The molecule has 0 radical (unpaired) electrons. The third kappa shape index (κ3) is 2.98. The van der Waals surface area contributed by atoms with E-state index in [2.05, 4.69) is 0 Å². The smallest absolute Gasteiger partial charge is 0.314 e. The van der Waals surface area contributed by atoms with E-state index in [0.29, 0.717) is 6.42 Å². The van der Waals surface area contributed by atoms with Gasteiger partial charge in [0.1, 0.15) is 5.92 Å². The van der Waals surface area contributed by atoms with Crippen LogP contribution in [0.2, 0.25) is 0 Å². The summed E-state index contributed by atoms with van der Waals surface area (Å²) < 4.78 is 0. The Balaban J connectivity index is 4.26. The Morgan fingerprint density at radius 2 is 2.09 bits per heavy atom. The van der Waals surface area contributed by atoms with Gasteiger partial charge in [0.2, 0.25) is 0 Å². The summed E-state index contributed by atoms with van der Waals surface area (Å²) in [6.45, 7) is 3.37. The molecule has 0 aromatic heterocycles. The van der Waals surface area contributed by atoms with E-state index < -0.39 is 11.9 Å². The molecule has 0 aromatic carbocycles. The van der Waals surface area contributed by atoms with E-state index in [4.69, 9.17) is 5.11 Å². The van der Waals surface area contributed by atoms with Gasteiger partial charge in [-0.1, -0.05) is 13.0 Å². The summed E-state index contributed by atoms with van der Waals surface area (Å²) in [5.41, 5.74) is 0. The van der Waals surface area contributed by atoms with E-state index in [0.717, 1.165) is 0 Å². The first-order valence-electron chi connectivity index (χ1n) is 3.52. The summed E-state index contributed by atoms with van der Waals surface area (Å²) in [5, 5.41) is 8.52. The normalized spacial score (nSPS) is 13.3. The molecular weight excluding hydrogens is 144 g/mol. The molecule has 0 bridgehead atoms. The highest BCUT2D eigenvalue weighted by atomic mass is 16.4. The summed E-state index contributed by atoms with van der Waals surface area (Å²) in [7, 11) is 0. The Bertz CT molecular complexity index is 182. The zero-order valence-electron chi connectivity index (χ0n) is 6.70. The maximum atomic E-state index is 10.9. The van der Waals surface area contributed by atoms with Crippen molar-refractivity contribution in [2.24, 2.45) is 5.92 Å². The zero-order chi connectivity index (χ0) is 8.85. The number of allylic oxidation sites excluding steroid dienone is 2. The molecule has 0 aliphatic rings. The van der Waals surface area contributed by atoms with Gasteiger partial charge in [-0.2, -0.15) is 0 Å². The summed E-state index contributed by atoms with van der Waals surface area (Å²) in [5.74, 6) is -2.25. The molecule has 0 heterocycles. The van der Waals surface area contributed by atoms with Gasteiger partial charge in [0.15, 0.2) is 5.78 Å². The Hall–Kier alpha value is -1.12. The molecule has 1 unspecified atom stereocenters. The standard InChI is InChI=1S/C8H12O3/c1-3-5-7(9)6(4-2)8(10)11/h3,5-6H,4H2,1-2H3,(H,10,11). The lowest BCUT2D eigenvalue weighted by molar-refractivity contribution is -0.145. The van der Waals surface area contributed by atoms with Crippen LogP contribution in [0.15, 0.2) is 12.2 Å². The summed E-state index contributed by atoms with van der Waals surface area (Å²) in [4.78, 5) is 21.3. The van der Waals surface area contributed by atoms with Gasteiger partial charge in [-0.05, 0) is 19.4 Å². The first kappa shape index (κ1) is 9.88. The Labute approximate surface area is 65.7 Å². The fourth-order valence-electron chi connectivity index (χ4n) is 0.778. The monoisotopic (exact) mass is 156 g/mol. The van der Waals surface area contributed by atoms with Crippen LogP contribution in [0.3, 0.4) is 0 Å². The number of carbonyl (C=O) groups excluding carboxylic acids is 1. The Morgan fingerprint density at radius 3 is 2.36 bits per heavy atom. The molecule has 0 saturated heterocycles. The quantitative estimate of drug-likeness (QED) is 0.492. The molecule has 0 amide bonds. The van der Waals surface area contributed by atoms with Crippen molar-refractivity contribution in [1.29, 1.82) is 0 Å². The Kier molecular flexibility index (Phi) is 4.18. The van der Waals surface area contributed by atoms with Crippen LogP contribution in [0.5, 0.6) is 0 Å². The van der Waals surface area contributed by atoms with Crippen LogP contribution in [-0.4, -0.2) is 16.9 Å². The Morgan fingerprint density at radius 1 is 1.55 bits per heavy atom. The van der Waals surface area contributed by atoms with Gasteiger partial charge in [0.05, 0.1) is 0 Å². The molecule has 1 atom stereocenters. The van der Waals surface area contributed by atoms with Gasteiger partial charge in [-0.3, -0.25) is 9.59 Å². The van der Waals surface area contributed by atoms with Crippen molar-refractivity contribution in [3.8, 4) is 0 Å². The molecule has 0 saturated carbocycles. The van der Waals surface area contributed by atoms with Crippen LogP contribution in [0.4, 0.5) is 0 Å². The number of rotatable bonds is 4. The molecule has 0 spiro atoms. The highest BCUT2D eigenvalue weighted by Crippen LogP contribution is 2.04. The molecule has 0 aliphatic heterocycles. The number of hydrogen-bond acceptors (Lipinski definition) is 2. The number of carboxylic acid groups (broad SMARTS) is 1. The molecule has 3 heteroatoms. The van der Waals surface area contributed by atoms with Gasteiger partial charge < -0.3 is 5.11 Å². The molecule has 62 valence electrons. The minimum absolute atomic E-state index is 0.331. The van der Waals surface area contributed by atoms with E-state index in [9.17, 15) is 9.59 Å². The van der Waals surface area contributed by atoms with Crippen LogP contribution in [-0.2, 0) is 9.59 Å². The maximum absolute atomic E-state index is 10.9. The van der Waals surface area contributed by atoms with Gasteiger partial charge in [-0.15, -0.1) is 0 Å². The second kappa shape index (κ2) is 4.66. The number of carbonyl (C=O) groups is 2. The van der Waals surface area contributed by atoms with Crippen LogP contribution < -0.4 is 0 Å². The maximum Gasteiger partial charge on any atom is 0.314 e. The highest BCUT2D eigenvalue weighted by molar-refractivity contribution is 6.04. The molecule has 1 N–H and O–H groups in total. The summed E-state index contributed by atoms with van der Waals surface area (Å²) >= 11 is 0. The van der Waals surface area contributed by atoms with Gasteiger partial charge in [0.25, 0.3) is 0 Å². The van der Waals surface area contributed by atoms with E-state index in [1.165, 1.54) is 6.08 Å². The third-order valence-corrected chi connectivity index (χ3v) is 1.38. The first-order chi connectivity index (χ1) is 5.13. The summed E-state index contributed by atoms with van der Waals surface area (Å²) in [6, 6.07) is 0. The van der Waals surface area contributed by atoms with E-state index >= 15 is 0 Å². The second-order valence-electron chi connectivity index (χ2n) is 2.20. The second-order valence-corrected chi connectivity index (χ2v) is 2.20. The fraction of sp³-hybridized carbons (Fsp3) is 0.500. The first-order valence-corrected chi connectivity index (χ1v) is 3.52. The van der Waals surface area contributed by atoms with Gasteiger partial charge in [0, 0.05) is 0 Å². The lowest BCUT2D eigenvalue weighted by atomic mass is 10.0. The predicted octanol–water partition coefficient (Wildman–Crippen LogP) is 1.24. The van der Waals surface area contributed by atoms with Gasteiger partial charge in [-0.25, -0.2) is 0 Å². The van der Waals surface area contributed by atoms with Crippen molar-refractivity contribution in [2.75, 3.05) is 0 Å². The molecule has 3 nitrogen and oxygen atoms in total. The van der Waals surface area contributed by atoms with Crippen LogP contribution in [0.1, 0.15) is 20.3 Å². The van der Waals surface area contributed by atoms with Crippen LogP contribution in [0.25, 0.3) is 0 Å². The van der Waals surface area contributed by atoms with Crippen molar-refractivity contribution in [2.45, 2.75) is 20.3 Å². The molecule has 11 heavy (non-hydrogen) atoms. The lowest BCUT2D eigenvalue weighted by Gasteiger charge is -2.03. The van der Waals surface area contributed by atoms with Crippen molar-refractivity contribution in [1.82, 2.24) is 0 Å². The highest BCUT2D eigenvalue weighted by Gasteiger charge is 2.20. The van der Waals surface area contributed by atoms with Crippen LogP contribution >= 0.6 is 0 Å². The molecule has 0 aliphatic carbocycles. The number of hydrogen-bond donors (Lipinski definition) is 1. The molecule has 0 rings (SSSR count). The minimum Gasteiger partial charge on any atom is -0.481 e. The largest absolute Gasteiger partial charge is 0.481 e. The summed E-state index contributed by atoms with van der Waals surface area (Å²) in [6.07, 6.45) is 3.19. The van der Waals surface area contributed by atoms with Crippen molar-refractivity contribution in [3.63, 3.8) is 0 Å². The molecule has 0 fully saturated rings. The SMILES string of the molecule is CC=CC(=O)C(CC)C(=O)O. The van der Waals surface area contributed by atoms with E-state index in [-0.39, 0.29) is 5.78 Å². The van der Waals surface area contributed by atoms with Crippen molar-refractivity contribution >= 4 is 11.8 Å². The minimum atomic E-state index is -1.05.